The van der Waals surface area contributed by atoms with Crippen molar-refractivity contribution < 1.29 is 13.7 Å². The van der Waals surface area contributed by atoms with Crippen LogP contribution in [0.2, 0.25) is 5.02 Å². The lowest BCUT2D eigenvalue weighted by Crippen LogP contribution is -2.39. The first kappa shape index (κ1) is 20.1. The minimum atomic E-state index is -0.820. The second-order valence-corrected chi connectivity index (χ2v) is 8.58. The number of benzene rings is 2. The van der Waals surface area contributed by atoms with Crippen molar-refractivity contribution in [2.24, 2.45) is 0 Å². The fourth-order valence-corrected chi connectivity index (χ4v) is 4.60. The van der Waals surface area contributed by atoms with E-state index in [2.05, 4.69) is 15.1 Å². The molecule has 5 aromatic rings. The molecule has 0 amide bonds. The Kier molecular flexibility index (Phi) is 4.40. The van der Waals surface area contributed by atoms with E-state index in [9.17, 15) is 9.18 Å². The SMILES string of the molecule is CC1(n2c(=O)c3c(-c4noc(-c5ccc(F)cc5)n4)ncn3c3ccc(Cl)cc32)CCCO1. The first-order valence-corrected chi connectivity index (χ1v) is 10.8. The number of aromatic nitrogens is 5. The number of nitrogens with zero attached hydrogens (tertiary/aromatic N) is 5. The third kappa shape index (κ3) is 3.07. The highest BCUT2D eigenvalue weighted by Gasteiger charge is 2.35. The summed E-state index contributed by atoms with van der Waals surface area (Å²) in [6.45, 7) is 2.46. The van der Waals surface area contributed by atoms with Crippen molar-refractivity contribution in [3.8, 4) is 23.0 Å². The number of hydrogen-bond acceptors (Lipinski definition) is 6. The van der Waals surface area contributed by atoms with E-state index in [-0.39, 0.29) is 28.8 Å². The van der Waals surface area contributed by atoms with Gasteiger partial charge in [0, 0.05) is 17.2 Å². The van der Waals surface area contributed by atoms with Gasteiger partial charge in [-0.2, -0.15) is 4.98 Å². The summed E-state index contributed by atoms with van der Waals surface area (Å²) in [5.41, 5.74) is 1.41. The molecule has 33 heavy (non-hydrogen) atoms. The van der Waals surface area contributed by atoms with E-state index in [0.717, 1.165) is 11.9 Å². The summed E-state index contributed by atoms with van der Waals surface area (Å²) in [5.74, 6) is -0.00911. The quantitative estimate of drug-likeness (QED) is 0.385. The molecule has 0 spiro atoms. The van der Waals surface area contributed by atoms with Gasteiger partial charge in [0.1, 0.15) is 29.1 Å². The summed E-state index contributed by atoms with van der Waals surface area (Å²) in [7, 11) is 0. The van der Waals surface area contributed by atoms with E-state index in [4.69, 9.17) is 20.9 Å². The van der Waals surface area contributed by atoms with Gasteiger partial charge in [-0.3, -0.25) is 13.8 Å². The number of imidazole rings is 1. The predicted octanol–water partition coefficient (Wildman–Crippen LogP) is 4.64. The summed E-state index contributed by atoms with van der Waals surface area (Å²) in [6, 6.07) is 11.1. The van der Waals surface area contributed by atoms with Crippen LogP contribution in [0.5, 0.6) is 0 Å². The average molecular weight is 466 g/mol. The molecule has 8 nitrogen and oxygen atoms in total. The van der Waals surface area contributed by atoms with Gasteiger partial charge in [0.2, 0.25) is 5.82 Å². The van der Waals surface area contributed by atoms with Crippen molar-refractivity contribution in [2.75, 3.05) is 6.61 Å². The number of hydrogen-bond donors (Lipinski definition) is 0. The highest BCUT2D eigenvalue weighted by atomic mass is 35.5. The Balaban J connectivity index is 1.61. The first-order chi connectivity index (χ1) is 15.9. The minimum absolute atomic E-state index is 0.159. The molecule has 0 bridgehead atoms. The Morgan fingerprint density at radius 1 is 1.15 bits per heavy atom. The Morgan fingerprint density at radius 3 is 2.73 bits per heavy atom. The Morgan fingerprint density at radius 2 is 1.97 bits per heavy atom. The maximum absolute atomic E-state index is 13.9. The molecule has 1 aliphatic heterocycles. The van der Waals surface area contributed by atoms with Gasteiger partial charge >= 0.3 is 0 Å². The summed E-state index contributed by atoms with van der Waals surface area (Å²) in [6.07, 6.45) is 3.08. The molecule has 1 saturated heterocycles. The standard InChI is InChI=1S/C23H17ClFN5O3/c1-23(9-2-10-32-23)30-17-11-14(24)5-8-16(17)29-12-26-18(19(29)22(30)31)20-27-21(33-28-20)13-3-6-15(25)7-4-13/h3-8,11-12H,2,9-10H2,1H3. The van der Waals surface area contributed by atoms with E-state index >= 15 is 0 Å². The van der Waals surface area contributed by atoms with Crippen LogP contribution in [-0.4, -0.2) is 30.7 Å². The van der Waals surface area contributed by atoms with Gasteiger partial charge in [-0.05, 0) is 62.2 Å². The Hall–Kier alpha value is -3.56. The summed E-state index contributed by atoms with van der Waals surface area (Å²) in [4.78, 5) is 22.7. The number of fused-ring (bicyclic) bond motifs is 3. The van der Waals surface area contributed by atoms with Crippen molar-refractivity contribution in [1.29, 1.82) is 0 Å². The number of halogens is 2. The van der Waals surface area contributed by atoms with E-state index < -0.39 is 5.72 Å². The van der Waals surface area contributed by atoms with Crippen LogP contribution < -0.4 is 5.56 Å². The van der Waals surface area contributed by atoms with Crippen LogP contribution in [0.4, 0.5) is 4.39 Å². The molecule has 0 radical (unpaired) electrons. The van der Waals surface area contributed by atoms with Gasteiger partial charge in [-0.25, -0.2) is 9.37 Å². The fourth-order valence-electron chi connectivity index (χ4n) is 4.43. The normalized spacial score (nSPS) is 18.5. The van der Waals surface area contributed by atoms with Gasteiger partial charge in [0.15, 0.2) is 0 Å². The summed E-state index contributed by atoms with van der Waals surface area (Å²) >= 11 is 6.28. The molecule has 166 valence electrons. The van der Waals surface area contributed by atoms with Crippen LogP contribution in [0.25, 0.3) is 39.5 Å². The molecule has 1 atom stereocenters. The van der Waals surface area contributed by atoms with Gasteiger partial charge in [-0.1, -0.05) is 16.8 Å². The molecule has 4 heterocycles. The molecule has 1 fully saturated rings. The van der Waals surface area contributed by atoms with Crippen molar-refractivity contribution in [2.45, 2.75) is 25.5 Å². The zero-order chi connectivity index (χ0) is 22.7. The molecule has 1 aliphatic rings. The zero-order valence-corrected chi connectivity index (χ0v) is 18.2. The van der Waals surface area contributed by atoms with Crippen LogP contribution in [0.3, 0.4) is 0 Å². The van der Waals surface area contributed by atoms with E-state index in [1.165, 1.54) is 12.1 Å². The lowest BCUT2D eigenvalue weighted by atomic mass is 10.1. The van der Waals surface area contributed by atoms with Crippen LogP contribution in [-0.2, 0) is 10.5 Å². The van der Waals surface area contributed by atoms with Gasteiger partial charge in [0.25, 0.3) is 11.4 Å². The second-order valence-electron chi connectivity index (χ2n) is 8.14. The van der Waals surface area contributed by atoms with Crippen LogP contribution in [0.15, 0.2) is 58.1 Å². The second kappa shape index (κ2) is 7.23. The van der Waals surface area contributed by atoms with Crippen molar-refractivity contribution in [1.82, 2.24) is 24.1 Å². The lowest BCUT2D eigenvalue weighted by Gasteiger charge is -2.28. The Bertz CT molecular complexity index is 1580. The molecule has 3 aromatic heterocycles. The molecule has 10 heteroatoms. The maximum Gasteiger partial charge on any atom is 0.280 e. The largest absolute Gasteiger partial charge is 0.355 e. The third-order valence-electron chi connectivity index (χ3n) is 6.01. The fraction of sp³-hybridized carbons (Fsp3) is 0.217. The summed E-state index contributed by atoms with van der Waals surface area (Å²) in [5, 5.41) is 4.54. The predicted molar refractivity (Wildman–Crippen MR) is 119 cm³/mol. The topological polar surface area (TPSA) is 87.5 Å². The lowest BCUT2D eigenvalue weighted by molar-refractivity contribution is -0.0447. The molecule has 6 rings (SSSR count). The van der Waals surface area contributed by atoms with Crippen LogP contribution in [0.1, 0.15) is 19.8 Å². The molecule has 0 aliphatic carbocycles. The summed E-state index contributed by atoms with van der Waals surface area (Å²) < 4.78 is 28.0. The van der Waals surface area contributed by atoms with Gasteiger partial charge in [-0.15, -0.1) is 0 Å². The molecular formula is C23H17ClFN5O3. The number of rotatable bonds is 3. The van der Waals surface area contributed by atoms with Crippen molar-refractivity contribution in [3.05, 3.63) is 70.0 Å². The highest BCUT2D eigenvalue weighted by molar-refractivity contribution is 6.31. The van der Waals surface area contributed by atoms with E-state index in [1.54, 1.807) is 39.6 Å². The Labute approximate surface area is 191 Å². The molecule has 0 saturated carbocycles. The highest BCUT2D eigenvalue weighted by Crippen LogP contribution is 2.34. The molecular weight excluding hydrogens is 449 g/mol. The van der Waals surface area contributed by atoms with Crippen molar-refractivity contribution in [3.63, 3.8) is 0 Å². The van der Waals surface area contributed by atoms with Crippen LogP contribution >= 0.6 is 11.6 Å². The average Bonchev–Trinajstić information content (AvgIpc) is 3.54. The van der Waals surface area contributed by atoms with Crippen LogP contribution in [0, 0.1) is 5.82 Å². The first-order valence-electron chi connectivity index (χ1n) is 10.4. The minimum Gasteiger partial charge on any atom is -0.355 e. The van der Waals surface area contributed by atoms with Gasteiger partial charge in [0.05, 0.1) is 11.0 Å². The number of ether oxygens (including phenoxy) is 1. The monoisotopic (exact) mass is 465 g/mol. The van der Waals surface area contributed by atoms with E-state index in [1.807, 2.05) is 13.0 Å². The third-order valence-corrected chi connectivity index (χ3v) is 6.25. The molecule has 2 aromatic carbocycles. The van der Waals surface area contributed by atoms with Gasteiger partial charge < -0.3 is 9.26 Å². The molecule has 1 unspecified atom stereocenters. The van der Waals surface area contributed by atoms with E-state index in [0.29, 0.717) is 34.6 Å². The maximum atomic E-state index is 13.9. The molecule has 0 N–H and O–H groups in total. The van der Waals surface area contributed by atoms with Crippen molar-refractivity contribution >= 4 is 28.2 Å². The smallest absolute Gasteiger partial charge is 0.280 e. The zero-order valence-electron chi connectivity index (χ0n) is 17.5.